The van der Waals surface area contributed by atoms with Gasteiger partial charge < -0.3 is 5.32 Å². The topological polar surface area (TPSA) is 37.8 Å². The van der Waals surface area contributed by atoms with Gasteiger partial charge in [0.15, 0.2) is 0 Å². The molecule has 2 fully saturated rings. The Morgan fingerprint density at radius 2 is 2.36 bits per heavy atom. The van der Waals surface area contributed by atoms with Gasteiger partial charge in [0.1, 0.15) is 6.33 Å². The number of aromatic nitrogens is 2. The van der Waals surface area contributed by atoms with Gasteiger partial charge in [-0.15, -0.1) is 0 Å². The minimum absolute atomic E-state index is 0.698. The second-order valence-corrected chi connectivity index (χ2v) is 4.42. The molecule has 0 spiro atoms. The van der Waals surface area contributed by atoms with Crippen molar-refractivity contribution >= 4 is 0 Å². The molecule has 3 heteroatoms. The molecule has 1 aromatic rings. The van der Waals surface area contributed by atoms with Crippen LogP contribution in [0.2, 0.25) is 0 Å². The van der Waals surface area contributed by atoms with Crippen LogP contribution in [0.1, 0.15) is 30.9 Å². The molecule has 2 saturated carbocycles. The molecule has 0 aromatic carbocycles. The van der Waals surface area contributed by atoms with Gasteiger partial charge in [0.2, 0.25) is 0 Å². The molecular weight excluding hydrogens is 174 g/mol. The molecule has 3 nitrogen and oxygen atoms in total. The van der Waals surface area contributed by atoms with Crippen LogP contribution in [-0.4, -0.2) is 22.6 Å². The van der Waals surface area contributed by atoms with Crippen LogP contribution in [0.25, 0.3) is 0 Å². The minimum Gasteiger partial charge on any atom is -0.314 e. The summed E-state index contributed by atoms with van der Waals surface area (Å²) in [7, 11) is 0. The smallest absolute Gasteiger partial charge is 0.115 e. The van der Waals surface area contributed by atoms with Crippen molar-refractivity contribution in [2.24, 2.45) is 5.92 Å². The van der Waals surface area contributed by atoms with Crippen molar-refractivity contribution in [3.05, 3.63) is 24.3 Å². The van der Waals surface area contributed by atoms with Crippen molar-refractivity contribution in [2.75, 3.05) is 6.54 Å². The predicted octanol–water partition coefficient (Wildman–Crippen LogP) is 1.33. The number of hydrogen-bond acceptors (Lipinski definition) is 3. The van der Waals surface area contributed by atoms with Gasteiger partial charge in [-0.1, -0.05) is 0 Å². The van der Waals surface area contributed by atoms with Gasteiger partial charge in [-0.2, -0.15) is 0 Å². The maximum absolute atomic E-state index is 4.29. The molecule has 2 unspecified atom stereocenters. The average Bonchev–Trinajstić information content (AvgIpc) is 3.12. The lowest BCUT2D eigenvalue weighted by Gasteiger charge is -2.00. The second-order valence-electron chi connectivity index (χ2n) is 4.42. The first-order valence-corrected chi connectivity index (χ1v) is 5.43. The van der Waals surface area contributed by atoms with Crippen molar-refractivity contribution in [1.82, 2.24) is 15.3 Å². The fourth-order valence-electron chi connectivity index (χ4n) is 1.96. The zero-order valence-corrected chi connectivity index (χ0v) is 8.19. The van der Waals surface area contributed by atoms with Gasteiger partial charge in [0.25, 0.3) is 0 Å². The monoisotopic (exact) mass is 189 g/mol. The highest BCUT2D eigenvalue weighted by molar-refractivity contribution is 5.16. The molecule has 0 saturated heterocycles. The van der Waals surface area contributed by atoms with Crippen molar-refractivity contribution in [3.8, 4) is 0 Å². The lowest BCUT2D eigenvalue weighted by atomic mass is 10.2. The Labute approximate surface area is 84.0 Å². The highest BCUT2D eigenvalue weighted by Gasteiger charge is 2.39. The van der Waals surface area contributed by atoms with Crippen LogP contribution in [0.4, 0.5) is 0 Å². The Hall–Kier alpha value is -0.960. The molecule has 14 heavy (non-hydrogen) atoms. The van der Waals surface area contributed by atoms with E-state index in [0.29, 0.717) is 5.92 Å². The van der Waals surface area contributed by atoms with Gasteiger partial charge in [-0.3, -0.25) is 0 Å². The van der Waals surface area contributed by atoms with Gasteiger partial charge in [-0.05, 0) is 37.8 Å². The summed E-state index contributed by atoms with van der Waals surface area (Å²) in [5.74, 6) is 1.52. The Balaban J connectivity index is 1.52. The van der Waals surface area contributed by atoms with Gasteiger partial charge in [-0.25, -0.2) is 9.97 Å². The van der Waals surface area contributed by atoms with E-state index in [1.54, 1.807) is 6.33 Å². The number of nitrogens with one attached hydrogen (secondary N) is 1. The zero-order chi connectivity index (χ0) is 9.38. The Kier molecular flexibility index (Phi) is 1.98. The normalized spacial score (nSPS) is 30.3. The highest BCUT2D eigenvalue weighted by atomic mass is 15.0. The second kappa shape index (κ2) is 3.31. The molecule has 0 aliphatic heterocycles. The molecule has 2 aliphatic carbocycles. The van der Waals surface area contributed by atoms with E-state index in [1.807, 2.05) is 12.3 Å². The zero-order valence-electron chi connectivity index (χ0n) is 8.19. The average molecular weight is 189 g/mol. The molecule has 2 aliphatic rings. The molecule has 1 heterocycles. The summed E-state index contributed by atoms with van der Waals surface area (Å²) in [6.07, 6.45) is 7.55. The van der Waals surface area contributed by atoms with Crippen LogP contribution in [0.15, 0.2) is 18.6 Å². The Bertz CT molecular complexity index is 308. The summed E-state index contributed by atoms with van der Waals surface area (Å²) >= 11 is 0. The van der Waals surface area contributed by atoms with E-state index >= 15 is 0 Å². The fourth-order valence-corrected chi connectivity index (χ4v) is 1.96. The molecule has 3 rings (SSSR count). The molecule has 0 bridgehead atoms. The largest absolute Gasteiger partial charge is 0.314 e. The van der Waals surface area contributed by atoms with E-state index in [2.05, 4.69) is 15.3 Å². The van der Waals surface area contributed by atoms with E-state index < -0.39 is 0 Å². The van der Waals surface area contributed by atoms with E-state index in [-0.39, 0.29) is 0 Å². The summed E-state index contributed by atoms with van der Waals surface area (Å²) in [6.45, 7) is 1.18. The van der Waals surface area contributed by atoms with Crippen LogP contribution >= 0.6 is 0 Å². The van der Waals surface area contributed by atoms with E-state index in [4.69, 9.17) is 0 Å². The molecule has 74 valence electrons. The molecule has 0 amide bonds. The van der Waals surface area contributed by atoms with Gasteiger partial charge in [0.05, 0.1) is 0 Å². The SMILES string of the molecule is c1cc(C2CC2CNC2CC2)ncn1. The standard InChI is InChI=1S/C11H15N3/c1-2-9(1)13-6-8-5-10(8)11-3-4-12-7-14-11/h3-4,7-10,13H,1-2,5-6H2. The molecule has 0 radical (unpaired) electrons. The van der Waals surface area contributed by atoms with Crippen molar-refractivity contribution < 1.29 is 0 Å². The first-order valence-electron chi connectivity index (χ1n) is 5.43. The third-order valence-electron chi connectivity index (χ3n) is 3.15. The lowest BCUT2D eigenvalue weighted by Crippen LogP contribution is -2.19. The fraction of sp³-hybridized carbons (Fsp3) is 0.636. The van der Waals surface area contributed by atoms with Gasteiger partial charge in [0, 0.05) is 23.9 Å². The molecular formula is C11H15N3. The summed E-state index contributed by atoms with van der Waals surface area (Å²) < 4.78 is 0. The third kappa shape index (κ3) is 1.77. The Morgan fingerprint density at radius 1 is 1.43 bits per heavy atom. The van der Waals surface area contributed by atoms with Crippen LogP contribution in [-0.2, 0) is 0 Å². The third-order valence-corrected chi connectivity index (χ3v) is 3.15. The van der Waals surface area contributed by atoms with E-state index in [1.165, 1.54) is 31.5 Å². The van der Waals surface area contributed by atoms with E-state index in [0.717, 1.165) is 12.0 Å². The molecule has 1 N–H and O–H groups in total. The number of hydrogen-bond donors (Lipinski definition) is 1. The predicted molar refractivity (Wildman–Crippen MR) is 53.9 cm³/mol. The summed E-state index contributed by atoms with van der Waals surface area (Å²) in [5.41, 5.74) is 1.22. The van der Waals surface area contributed by atoms with Crippen LogP contribution < -0.4 is 5.32 Å². The molecule has 2 atom stereocenters. The first-order chi connectivity index (χ1) is 6.93. The maximum Gasteiger partial charge on any atom is 0.115 e. The van der Waals surface area contributed by atoms with Crippen LogP contribution in [0, 0.1) is 5.92 Å². The quantitative estimate of drug-likeness (QED) is 0.776. The van der Waals surface area contributed by atoms with Crippen LogP contribution in [0.3, 0.4) is 0 Å². The van der Waals surface area contributed by atoms with Crippen LogP contribution in [0.5, 0.6) is 0 Å². The summed E-state index contributed by atoms with van der Waals surface area (Å²) in [5, 5.41) is 3.57. The maximum atomic E-state index is 4.29. The van der Waals surface area contributed by atoms with E-state index in [9.17, 15) is 0 Å². The van der Waals surface area contributed by atoms with Crippen molar-refractivity contribution in [1.29, 1.82) is 0 Å². The first kappa shape index (κ1) is 8.36. The summed E-state index contributed by atoms with van der Waals surface area (Å²) in [6, 6.07) is 2.88. The highest BCUT2D eigenvalue weighted by Crippen LogP contribution is 2.46. The Morgan fingerprint density at radius 3 is 3.07 bits per heavy atom. The van der Waals surface area contributed by atoms with Gasteiger partial charge >= 0.3 is 0 Å². The number of rotatable bonds is 4. The minimum atomic E-state index is 0.698. The number of nitrogens with zero attached hydrogens (tertiary/aromatic N) is 2. The summed E-state index contributed by atoms with van der Waals surface area (Å²) in [4.78, 5) is 8.23. The van der Waals surface area contributed by atoms with Crippen molar-refractivity contribution in [3.63, 3.8) is 0 Å². The lowest BCUT2D eigenvalue weighted by molar-refractivity contribution is 0.621. The van der Waals surface area contributed by atoms with Crippen molar-refractivity contribution in [2.45, 2.75) is 31.2 Å². The molecule has 1 aromatic heterocycles.